The normalized spacial score (nSPS) is 25.4. The Morgan fingerprint density at radius 3 is 2.30 bits per heavy atom. The maximum atomic E-state index is 2.37. The highest BCUT2D eigenvalue weighted by atomic mass is 14.3. The van der Waals surface area contributed by atoms with E-state index in [1.807, 2.05) is 0 Å². The van der Waals surface area contributed by atoms with Crippen molar-refractivity contribution in [3.63, 3.8) is 0 Å². The van der Waals surface area contributed by atoms with Crippen LogP contribution in [0.5, 0.6) is 0 Å². The molecule has 2 atom stereocenters. The van der Waals surface area contributed by atoms with Crippen LogP contribution in [0.2, 0.25) is 0 Å². The molecule has 2 aliphatic rings. The van der Waals surface area contributed by atoms with Gasteiger partial charge in [0.25, 0.3) is 0 Å². The third kappa shape index (κ3) is 1.90. The molecule has 0 fully saturated rings. The van der Waals surface area contributed by atoms with Gasteiger partial charge < -0.3 is 0 Å². The van der Waals surface area contributed by atoms with Crippen molar-refractivity contribution in [2.24, 2.45) is 5.92 Å². The van der Waals surface area contributed by atoms with Crippen LogP contribution in [-0.2, 0) is 0 Å². The molecule has 1 aromatic carbocycles. The molecule has 0 aliphatic heterocycles. The second kappa shape index (κ2) is 4.77. The number of hydrogen-bond donors (Lipinski definition) is 0. The highest BCUT2D eigenvalue weighted by Crippen LogP contribution is 2.46. The van der Waals surface area contributed by atoms with Gasteiger partial charge in [-0.15, -0.1) is 0 Å². The van der Waals surface area contributed by atoms with E-state index in [1.165, 1.54) is 34.3 Å². The minimum absolute atomic E-state index is 0.581. The first-order chi connectivity index (χ1) is 9.50. The van der Waals surface area contributed by atoms with Gasteiger partial charge in [0, 0.05) is 5.92 Å². The molecule has 0 heteroatoms. The zero-order valence-corrected chi connectivity index (χ0v) is 13.2. The molecule has 0 saturated carbocycles. The van der Waals surface area contributed by atoms with Gasteiger partial charge in [-0.25, -0.2) is 0 Å². The van der Waals surface area contributed by atoms with Crippen LogP contribution in [0.1, 0.15) is 58.1 Å². The van der Waals surface area contributed by atoms with Crippen LogP contribution in [0.3, 0.4) is 0 Å². The Hall–Kier alpha value is -1.56. The van der Waals surface area contributed by atoms with Crippen molar-refractivity contribution >= 4 is 6.08 Å². The molecule has 0 bridgehead atoms. The highest BCUT2D eigenvalue weighted by Gasteiger charge is 2.29. The Balaban J connectivity index is 1.93. The molecular weight excluding hydrogens is 240 g/mol. The molecule has 0 radical (unpaired) electrons. The largest absolute Gasteiger partial charge is 0.0649 e. The van der Waals surface area contributed by atoms with Crippen molar-refractivity contribution in [3.8, 4) is 0 Å². The van der Waals surface area contributed by atoms with E-state index in [-0.39, 0.29) is 0 Å². The maximum absolute atomic E-state index is 2.37. The molecule has 3 rings (SSSR count). The Bertz CT molecular complexity index is 652. The topological polar surface area (TPSA) is 0 Å². The van der Waals surface area contributed by atoms with Gasteiger partial charge in [0.1, 0.15) is 0 Å². The average Bonchev–Trinajstić information content (AvgIpc) is 2.85. The molecule has 20 heavy (non-hydrogen) atoms. The predicted octanol–water partition coefficient (Wildman–Crippen LogP) is 5.88. The molecule has 2 aliphatic carbocycles. The van der Waals surface area contributed by atoms with E-state index < -0.39 is 0 Å². The van der Waals surface area contributed by atoms with E-state index >= 15 is 0 Å². The molecule has 0 heterocycles. The van der Waals surface area contributed by atoms with Crippen LogP contribution in [-0.4, -0.2) is 0 Å². The lowest BCUT2D eigenvalue weighted by molar-refractivity contribution is 0.696. The minimum atomic E-state index is 0.581. The van der Waals surface area contributed by atoms with Gasteiger partial charge in [0.15, 0.2) is 0 Å². The standard InChI is InChI=1S/C20H24/c1-12-10-17-8-6-7-9-18(17)19(12)11-20-15(4)13(2)14(3)16(20)5/h6-10,15,19H,11H2,1-5H3. The third-order valence-corrected chi connectivity index (χ3v) is 5.54. The minimum Gasteiger partial charge on any atom is -0.0649 e. The summed E-state index contributed by atoms with van der Waals surface area (Å²) in [7, 11) is 0. The summed E-state index contributed by atoms with van der Waals surface area (Å²) in [5.41, 5.74) is 10.7. The van der Waals surface area contributed by atoms with E-state index in [0.29, 0.717) is 11.8 Å². The van der Waals surface area contributed by atoms with E-state index in [2.05, 4.69) is 65.0 Å². The van der Waals surface area contributed by atoms with E-state index in [9.17, 15) is 0 Å². The van der Waals surface area contributed by atoms with Gasteiger partial charge in [0.05, 0.1) is 0 Å². The van der Waals surface area contributed by atoms with Crippen LogP contribution in [0, 0.1) is 5.92 Å². The van der Waals surface area contributed by atoms with Crippen LogP contribution in [0.25, 0.3) is 6.08 Å². The quantitative estimate of drug-likeness (QED) is 0.625. The van der Waals surface area contributed by atoms with E-state index in [4.69, 9.17) is 0 Å². The molecule has 0 aromatic heterocycles. The Labute approximate surface area is 122 Å². The van der Waals surface area contributed by atoms with E-state index in [0.717, 1.165) is 0 Å². The van der Waals surface area contributed by atoms with Gasteiger partial charge in [0.2, 0.25) is 0 Å². The monoisotopic (exact) mass is 264 g/mol. The predicted molar refractivity (Wildman–Crippen MR) is 87.7 cm³/mol. The first kappa shape index (κ1) is 13.4. The summed E-state index contributed by atoms with van der Waals surface area (Å²) >= 11 is 0. The molecule has 0 spiro atoms. The first-order valence-electron chi connectivity index (χ1n) is 7.65. The molecule has 0 amide bonds. The lowest BCUT2D eigenvalue weighted by atomic mass is 9.84. The SMILES string of the molecule is CC1=Cc2ccccc2C1CC1=C(C)C(C)=C(C)C1C. The van der Waals surface area contributed by atoms with Crippen LogP contribution >= 0.6 is 0 Å². The van der Waals surface area contributed by atoms with Gasteiger partial charge >= 0.3 is 0 Å². The van der Waals surface area contributed by atoms with Crippen molar-refractivity contribution in [1.29, 1.82) is 0 Å². The molecule has 0 N–H and O–H groups in total. The zero-order valence-electron chi connectivity index (χ0n) is 13.2. The third-order valence-electron chi connectivity index (χ3n) is 5.54. The van der Waals surface area contributed by atoms with Crippen molar-refractivity contribution in [1.82, 2.24) is 0 Å². The first-order valence-corrected chi connectivity index (χ1v) is 7.65. The van der Waals surface area contributed by atoms with Crippen LogP contribution < -0.4 is 0 Å². The number of allylic oxidation sites excluding steroid dienone is 5. The summed E-state index contributed by atoms with van der Waals surface area (Å²) < 4.78 is 0. The highest BCUT2D eigenvalue weighted by molar-refractivity contribution is 5.66. The van der Waals surface area contributed by atoms with Crippen molar-refractivity contribution in [2.45, 2.75) is 47.0 Å². The number of rotatable bonds is 2. The summed E-state index contributed by atoms with van der Waals surface area (Å²) in [4.78, 5) is 0. The van der Waals surface area contributed by atoms with Gasteiger partial charge in [-0.1, -0.05) is 54.0 Å². The van der Waals surface area contributed by atoms with Gasteiger partial charge in [-0.05, 0) is 62.3 Å². The van der Waals surface area contributed by atoms with Crippen LogP contribution in [0.4, 0.5) is 0 Å². The van der Waals surface area contributed by atoms with Crippen molar-refractivity contribution < 1.29 is 0 Å². The summed E-state index contributed by atoms with van der Waals surface area (Å²) in [6.07, 6.45) is 3.55. The Morgan fingerprint density at radius 1 is 0.950 bits per heavy atom. The zero-order chi connectivity index (χ0) is 14.4. The smallest absolute Gasteiger partial charge is 0.00922 e. The maximum Gasteiger partial charge on any atom is 0.00922 e. The molecule has 1 aromatic rings. The summed E-state index contributed by atoms with van der Waals surface area (Å²) in [6, 6.07) is 8.86. The molecular formula is C20H24. The second-order valence-corrected chi connectivity index (χ2v) is 6.45. The molecule has 0 nitrogen and oxygen atoms in total. The Morgan fingerprint density at radius 2 is 1.65 bits per heavy atom. The number of fused-ring (bicyclic) bond motifs is 1. The summed E-state index contributed by atoms with van der Waals surface area (Å²) in [6.45, 7) is 11.5. The molecule has 104 valence electrons. The number of benzene rings is 1. The lowest BCUT2D eigenvalue weighted by Gasteiger charge is -2.20. The molecule has 2 unspecified atom stereocenters. The van der Waals surface area contributed by atoms with Gasteiger partial charge in [-0.3, -0.25) is 0 Å². The van der Waals surface area contributed by atoms with E-state index in [1.54, 1.807) is 11.1 Å². The second-order valence-electron chi connectivity index (χ2n) is 6.45. The fourth-order valence-corrected chi connectivity index (χ4v) is 3.82. The Kier molecular flexibility index (Phi) is 3.20. The van der Waals surface area contributed by atoms with Gasteiger partial charge in [-0.2, -0.15) is 0 Å². The van der Waals surface area contributed by atoms with Crippen molar-refractivity contribution in [2.75, 3.05) is 0 Å². The summed E-state index contributed by atoms with van der Waals surface area (Å²) in [5.74, 6) is 1.20. The lowest BCUT2D eigenvalue weighted by Crippen LogP contribution is -2.05. The fourth-order valence-electron chi connectivity index (χ4n) is 3.82. The summed E-state index contributed by atoms with van der Waals surface area (Å²) in [5, 5.41) is 0. The van der Waals surface area contributed by atoms with Crippen LogP contribution in [0.15, 0.2) is 52.1 Å². The number of hydrogen-bond acceptors (Lipinski definition) is 0. The molecule has 0 saturated heterocycles. The van der Waals surface area contributed by atoms with Crippen molar-refractivity contribution in [3.05, 3.63) is 63.3 Å². The fraction of sp³-hybridized carbons (Fsp3) is 0.400. The average molecular weight is 264 g/mol.